The van der Waals surface area contributed by atoms with E-state index in [0.717, 1.165) is 0 Å². The molecule has 16 heavy (non-hydrogen) atoms. The topological polar surface area (TPSA) is 38.7 Å². The summed E-state index contributed by atoms with van der Waals surface area (Å²) < 4.78 is 11.8. The highest BCUT2D eigenvalue weighted by Crippen LogP contribution is 2.43. The van der Waals surface area contributed by atoms with E-state index in [9.17, 15) is 5.11 Å². The zero-order valence-corrected chi connectivity index (χ0v) is 10.7. The van der Waals surface area contributed by atoms with Crippen LogP contribution >= 0.6 is 0 Å². The Morgan fingerprint density at radius 1 is 1.19 bits per heavy atom. The Morgan fingerprint density at radius 2 is 1.81 bits per heavy atom. The molecule has 1 fully saturated rings. The van der Waals surface area contributed by atoms with E-state index in [4.69, 9.17) is 9.47 Å². The molecule has 0 amide bonds. The minimum absolute atomic E-state index is 0.0463. The molecular formula is C13H22O3. The second-order valence-corrected chi connectivity index (χ2v) is 5.93. The minimum atomic E-state index is -0.927. The highest BCUT2D eigenvalue weighted by molar-refractivity contribution is 5.17. The molecule has 1 saturated heterocycles. The average Bonchev–Trinajstić information content (AvgIpc) is 2.41. The van der Waals surface area contributed by atoms with Crippen molar-refractivity contribution in [1.29, 1.82) is 0 Å². The van der Waals surface area contributed by atoms with E-state index in [-0.39, 0.29) is 12.2 Å². The molecule has 92 valence electrons. The zero-order chi connectivity index (χ0) is 12.1. The number of hydrogen-bond donors (Lipinski definition) is 1. The molecule has 0 aromatic rings. The summed E-state index contributed by atoms with van der Waals surface area (Å²) in [5, 5.41) is 10.3. The Morgan fingerprint density at radius 3 is 2.38 bits per heavy atom. The first-order valence-corrected chi connectivity index (χ1v) is 6.00. The predicted octanol–water partition coefficient (Wildman–Crippen LogP) is 2.10. The summed E-state index contributed by atoms with van der Waals surface area (Å²) in [5.41, 5.74) is -0.927. The molecule has 3 heteroatoms. The smallest absolute Gasteiger partial charge is 0.163 e. The van der Waals surface area contributed by atoms with Crippen molar-refractivity contribution in [2.24, 2.45) is 11.8 Å². The van der Waals surface area contributed by atoms with Gasteiger partial charge >= 0.3 is 0 Å². The molecule has 1 aliphatic carbocycles. The van der Waals surface area contributed by atoms with Crippen molar-refractivity contribution < 1.29 is 14.6 Å². The van der Waals surface area contributed by atoms with E-state index in [0.29, 0.717) is 11.8 Å². The largest absolute Gasteiger partial charge is 0.383 e. The predicted molar refractivity (Wildman–Crippen MR) is 61.9 cm³/mol. The van der Waals surface area contributed by atoms with Crippen LogP contribution in [0.15, 0.2) is 12.2 Å². The van der Waals surface area contributed by atoms with Gasteiger partial charge in [-0.3, -0.25) is 0 Å². The van der Waals surface area contributed by atoms with Crippen LogP contribution in [0.4, 0.5) is 0 Å². The quantitative estimate of drug-likeness (QED) is 0.696. The molecule has 0 spiro atoms. The third-order valence-corrected chi connectivity index (χ3v) is 3.51. The van der Waals surface area contributed by atoms with Gasteiger partial charge in [0.15, 0.2) is 5.79 Å². The third-order valence-electron chi connectivity index (χ3n) is 3.51. The fourth-order valence-electron chi connectivity index (χ4n) is 2.63. The lowest BCUT2D eigenvalue weighted by Gasteiger charge is -2.38. The van der Waals surface area contributed by atoms with Gasteiger partial charge in [0.05, 0.1) is 6.10 Å². The summed E-state index contributed by atoms with van der Waals surface area (Å²) in [5.74, 6) is 0.197. The van der Waals surface area contributed by atoms with Crippen LogP contribution in [0.1, 0.15) is 34.6 Å². The van der Waals surface area contributed by atoms with Gasteiger partial charge in [0.2, 0.25) is 0 Å². The van der Waals surface area contributed by atoms with E-state index >= 15 is 0 Å². The van der Waals surface area contributed by atoms with Gasteiger partial charge in [-0.1, -0.05) is 26.0 Å². The number of rotatable bonds is 1. The number of hydrogen-bond acceptors (Lipinski definition) is 3. The molecule has 2 rings (SSSR count). The molecular weight excluding hydrogens is 204 g/mol. The van der Waals surface area contributed by atoms with Gasteiger partial charge in [0.1, 0.15) is 11.7 Å². The van der Waals surface area contributed by atoms with Gasteiger partial charge in [0.25, 0.3) is 0 Å². The van der Waals surface area contributed by atoms with Crippen LogP contribution in [0.3, 0.4) is 0 Å². The maximum Gasteiger partial charge on any atom is 0.163 e. The van der Waals surface area contributed by atoms with E-state index in [1.807, 2.05) is 19.9 Å². The van der Waals surface area contributed by atoms with Crippen LogP contribution in [0.2, 0.25) is 0 Å². The molecule has 1 aliphatic heterocycles. The van der Waals surface area contributed by atoms with Crippen LogP contribution in [0.25, 0.3) is 0 Å². The number of fused-ring (bicyclic) bond motifs is 1. The normalized spacial score (nSPS) is 46.1. The highest BCUT2D eigenvalue weighted by atomic mass is 16.8. The summed E-state index contributed by atoms with van der Waals surface area (Å²) in [7, 11) is 0. The van der Waals surface area contributed by atoms with E-state index in [2.05, 4.69) is 19.9 Å². The molecule has 0 aromatic heterocycles. The summed E-state index contributed by atoms with van der Waals surface area (Å²) in [6.45, 7) is 9.92. The standard InChI is InChI=1S/C13H22O3/c1-8(2)9-6-7-13(5,14)11-10(9)15-12(3,4)16-11/h6-11,14H,1-5H3/t9-,10-,11-,13-/m1/s1. The van der Waals surface area contributed by atoms with Gasteiger partial charge < -0.3 is 14.6 Å². The summed E-state index contributed by atoms with van der Waals surface area (Å²) >= 11 is 0. The lowest BCUT2D eigenvalue weighted by atomic mass is 9.77. The van der Waals surface area contributed by atoms with Crippen LogP contribution in [0.5, 0.6) is 0 Å². The average molecular weight is 226 g/mol. The van der Waals surface area contributed by atoms with Crippen molar-refractivity contribution in [2.45, 2.75) is 58.2 Å². The molecule has 1 heterocycles. The van der Waals surface area contributed by atoms with Crippen molar-refractivity contribution in [3.63, 3.8) is 0 Å². The molecule has 0 unspecified atom stereocenters. The first-order chi connectivity index (χ1) is 7.23. The van der Waals surface area contributed by atoms with Crippen molar-refractivity contribution >= 4 is 0 Å². The highest BCUT2D eigenvalue weighted by Gasteiger charge is 2.53. The Balaban J connectivity index is 2.31. The van der Waals surface area contributed by atoms with Gasteiger partial charge in [-0.25, -0.2) is 0 Å². The second-order valence-electron chi connectivity index (χ2n) is 5.93. The van der Waals surface area contributed by atoms with E-state index in [1.54, 1.807) is 6.92 Å². The lowest BCUT2D eigenvalue weighted by molar-refractivity contribution is -0.161. The molecule has 1 N–H and O–H groups in total. The summed E-state index contributed by atoms with van der Waals surface area (Å²) in [6, 6.07) is 0. The molecule has 2 aliphatic rings. The summed E-state index contributed by atoms with van der Waals surface area (Å²) in [6.07, 6.45) is 3.61. The minimum Gasteiger partial charge on any atom is -0.383 e. The fourth-order valence-corrected chi connectivity index (χ4v) is 2.63. The maximum atomic E-state index is 10.3. The Kier molecular flexibility index (Phi) is 2.69. The maximum absolute atomic E-state index is 10.3. The first-order valence-electron chi connectivity index (χ1n) is 6.00. The van der Waals surface area contributed by atoms with Gasteiger partial charge in [-0.15, -0.1) is 0 Å². The Labute approximate surface area is 97.4 Å². The molecule has 0 saturated carbocycles. The lowest BCUT2D eigenvalue weighted by Crippen LogP contribution is -2.50. The van der Waals surface area contributed by atoms with Crippen molar-refractivity contribution in [3.05, 3.63) is 12.2 Å². The monoisotopic (exact) mass is 226 g/mol. The molecule has 0 aromatic carbocycles. The molecule has 0 bridgehead atoms. The molecule has 0 radical (unpaired) electrons. The fraction of sp³-hybridized carbons (Fsp3) is 0.846. The third kappa shape index (κ3) is 1.92. The second kappa shape index (κ2) is 3.56. The first kappa shape index (κ1) is 12.1. The van der Waals surface area contributed by atoms with Gasteiger partial charge in [-0.2, -0.15) is 0 Å². The van der Waals surface area contributed by atoms with E-state index in [1.165, 1.54) is 0 Å². The van der Waals surface area contributed by atoms with E-state index < -0.39 is 11.4 Å². The SMILES string of the molecule is CC(C)[C@H]1C=C[C@@](C)(O)[C@@H]2OC(C)(C)O[C@H]12. The number of aliphatic hydroxyl groups is 1. The van der Waals surface area contributed by atoms with Crippen molar-refractivity contribution in [3.8, 4) is 0 Å². The summed E-state index contributed by atoms with van der Waals surface area (Å²) in [4.78, 5) is 0. The molecule has 4 atom stereocenters. The number of ether oxygens (including phenoxy) is 2. The van der Waals surface area contributed by atoms with Gasteiger partial charge in [-0.05, 0) is 26.7 Å². The Hall–Kier alpha value is -0.380. The van der Waals surface area contributed by atoms with Gasteiger partial charge in [0, 0.05) is 5.92 Å². The van der Waals surface area contributed by atoms with Crippen LogP contribution < -0.4 is 0 Å². The zero-order valence-electron chi connectivity index (χ0n) is 10.7. The van der Waals surface area contributed by atoms with Crippen molar-refractivity contribution in [1.82, 2.24) is 0 Å². The van der Waals surface area contributed by atoms with Crippen LogP contribution in [0, 0.1) is 11.8 Å². The van der Waals surface area contributed by atoms with Crippen LogP contribution in [-0.4, -0.2) is 28.7 Å². The molecule has 3 nitrogen and oxygen atoms in total. The van der Waals surface area contributed by atoms with Crippen LogP contribution in [-0.2, 0) is 9.47 Å². The Bertz CT molecular complexity index is 304. The van der Waals surface area contributed by atoms with Crippen molar-refractivity contribution in [2.75, 3.05) is 0 Å².